The molecule has 1 saturated carbocycles. The number of aromatic nitrogens is 2. The molecular formula is C31H36N2OS. The van der Waals surface area contributed by atoms with E-state index in [9.17, 15) is 4.79 Å². The Balaban J connectivity index is 1.36. The van der Waals surface area contributed by atoms with E-state index in [-0.39, 0.29) is 11.0 Å². The van der Waals surface area contributed by atoms with Crippen molar-refractivity contribution in [3.8, 4) is 11.3 Å². The first kappa shape index (κ1) is 24.1. The SMILES string of the molecule is CC(CC=CCSc1nc2c(c(=O)[nH]1)C(C)(C1CCCCC1)Cc1ccccc1-2)c1ccccc1. The summed E-state index contributed by atoms with van der Waals surface area (Å²) in [5.74, 6) is 1.83. The normalized spacial score (nSPS) is 21.0. The van der Waals surface area contributed by atoms with E-state index in [1.54, 1.807) is 11.8 Å². The molecule has 1 fully saturated rings. The van der Waals surface area contributed by atoms with Crippen LogP contribution in [0.1, 0.15) is 75.0 Å². The fraction of sp³-hybridized carbons (Fsp3) is 0.419. The number of H-pyrrole nitrogens is 1. The van der Waals surface area contributed by atoms with E-state index in [4.69, 9.17) is 4.98 Å². The maximum absolute atomic E-state index is 13.6. The highest BCUT2D eigenvalue weighted by Crippen LogP contribution is 2.48. The van der Waals surface area contributed by atoms with Crippen LogP contribution in [-0.4, -0.2) is 15.7 Å². The lowest BCUT2D eigenvalue weighted by atomic mass is 9.60. The largest absolute Gasteiger partial charge is 0.301 e. The molecule has 2 aliphatic carbocycles. The van der Waals surface area contributed by atoms with Crippen LogP contribution in [0.4, 0.5) is 0 Å². The van der Waals surface area contributed by atoms with Gasteiger partial charge in [0.05, 0.1) is 11.3 Å². The number of hydrogen-bond acceptors (Lipinski definition) is 3. The van der Waals surface area contributed by atoms with E-state index in [0.29, 0.717) is 11.8 Å². The molecule has 0 spiro atoms. The van der Waals surface area contributed by atoms with Crippen LogP contribution in [0.25, 0.3) is 11.3 Å². The first-order chi connectivity index (χ1) is 17.1. The minimum atomic E-state index is -0.151. The van der Waals surface area contributed by atoms with Gasteiger partial charge in [-0.3, -0.25) is 4.79 Å². The molecule has 3 nitrogen and oxygen atoms in total. The van der Waals surface area contributed by atoms with Crippen molar-refractivity contribution < 1.29 is 0 Å². The number of allylic oxidation sites excluding steroid dienone is 1. The molecule has 0 aliphatic heterocycles. The molecule has 5 rings (SSSR count). The van der Waals surface area contributed by atoms with Crippen molar-refractivity contribution in [3.63, 3.8) is 0 Å². The van der Waals surface area contributed by atoms with E-state index in [1.807, 2.05) is 0 Å². The van der Waals surface area contributed by atoms with Gasteiger partial charge in [-0.1, -0.05) is 112 Å². The molecule has 0 amide bonds. The predicted molar refractivity (Wildman–Crippen MR) is 147 cm³/mol. The number of benzene rings is 2. The third kappa shape index (κ3) is 5.04. The molecule has 2 atom stereocenters. The lowest BCUT2D eigenvalue weighted by molar-refractivity contribution is 0.213. The molecule has 0 bridgehead atoms. The molecule has 3 aromatic rings. The van der Waals surface area contributed by atoms with Crippen LogP contribution >= 0.6 is 11.8 Å². The van der Waals surface area contributed by atoms with Crippen molar-refractivity contribution in [1.82, 2.24) is 9.97 Å². The van der Waals surface area contributed by atoms with Gasteiger partial charge in [0.2, 0.25) is 0 Å². The van der Waals surface area contributed by atoms with Gasteiger partial charge in [0.15, 0.2) is 5.16 Å². The molecule has 1 heterocycles. The Kier molecular flexibility index (Phi) is 7.29. The number of rotatable bonds is 7. The second kappa shape index (κ2) is 10.6. The van der Waals surface area contributed by atoms with Crippen molar-refractivity contribution in [2.75, 3.05) is 5.75 Å². The Labute approximate surface area is 213 Å². The third-order valence-electron chi connectivity index (χ3n) is 8.15. The summed E-state index contributed by atoms with van der Waals surface area (Å²) < 4.78 is 0. The van der Waals surface area contributed by atoms with Crippen LogP contribution in [0.2, 0.25) is 0 Å². The second-order valence-corrected chi connectivity index (χ2v) is 11.5. The predicted octanol–water partition coefficient (Wildman–Crippen LogP) is 7.67. The molecule has 1 aromatic heterocycles. The topological polar surface area (TPSA) is 45.8 Å². The summed E-state index contributed by atoms with van der Waals surface area (Å²) in [6.45, 7) is 4.58. The van der Waals surface area contributed by atoms with Gasteiger partial charge in [0.1, 0.15) is 0 Å². The average molecular weight is 485 g/mol. The molecular weight excluding hydrogens is 448 g/mol. The summed E-state index contributed by atoms with van der Waals surface area (Å²) >= 11 is 1.61. The number of hydrogen-bond donors (Lipinski definition) is 1. The number of thioether (sulfide) groups is 1. The van der Waals surface area contributed by atoms with Crippen molar-refractivity contribution in [2.45, 2.75) is 75.3 Å². The Bertz CT molecular complexity index is 1240. The highest BCUT2D eigenvalue weighted by Gasteiger charge is 2.44. The number of fused-ring (bicyclic) bond motifs is 3. The molecule has 35 heavy (non-hydrogen) atoms. The average Bonchev–Trinajstić information content (AvgIpc) is 2.89. The van der Waals surface area contributed by atoms with Crippen LogP contribution in [0.5, 0.6) is 0 Å². The Morgan fingerprint density at radius 3 is 2.60 bits per heavy atom. The minimum absolute atomic E-state index is 0.0572. The van der Waals surface area contributed by atoms with Crippen LogP contribution in [-0.2, 0) is 11.8 Å². The van der Waals surface area contributed by atoms with E-state index < -0.39 is 0 Å². The Hall–Kier alpha value is -2.59. The van der Waals surface area contributed by atoms with E-state index >= 15 is 0 Å². The van der Waals surface area contributed by atoms with Crippen LogP contribution in [0.15, 0.2) is 76.7 Å². The summed E-state index contributed by atoms with van der Waals surface area (Å²) in [5, 5.41) is 0.720. The summed E-state index contributed by atoms with van der Waals surface area (Å²) in [5.41, 5.74) is 5.56. The van der Waals surface area contributed by atoms with Crippen molar-refractivity contribution in [2.24, 2.45) is 5.92 Å². The molecule has 2 aliphatic rings. The van der Waals surface area contributed by atoms with Crippen LogP contribution in [0, 0.1) is 5.92 Å². The van der Waals surface area contributed by atoms with Gasteiger partial charge in [0.25, 0.3) is 5.56 Å². The quantitative estimate of drug-likeness (QED) is 0.213. The van der Waals surface area contributed by atoms with Crippen molar-refractivity contribution in [1.29, 1.82) is 0 Å². The smallest absolute Gasteiger partial charge is 0.255 e. The zero-order chi connectivity index (χ0) is 24.3. The molecule has 4 heteroatoms. The number of nitrogens with zero attached hydrogens (tertiary/aromatic N) is 1. The monoisotopic (exact) mass is 484 g/mol. The first-order valence-electron chi connectivity index (χ1n) is 13.1. The standard InChI is InChI=1S/C31H36N2OS/c1-22(23-14-5-3-6-15-23)13-11-12-20-35-30-32-28-26-19-10-9-16-24(26)21-31(2,27(28)29(34)33-30)25-17-7-4-8-18-25/h3,5-6,9-12,14-16,19,22,25H,4,7-8,13,17-18,20-21H2,1-2H3,(H,32,33,34). The number of aromatic amines is 1. The molecule has 0 radical (unpaired) electrons. The summed E-state index contributed by atoms with van der Waals surface area (Å²) in [6.07, 6.45) is 12.7. The van der Waals surface area contributed by atoms with Crippen LogP contribution in [0.3, 0.4) is 0 Å². The summed E-state index contributed by atoms with van der Waals surface area (Å²) in [4.78, 5) is 21.8. The third-order valence-corrected chi connectivity index (χ3v) is 8.97. The second-order valence-electron chi connectivity index (χ2n) is 10.5. The van der Waals surface area contributed by atoms with Crippen LogP contribution < -0.4 is 5.56 Å². The van der Waals surface area contributed by atoms with Crippen molar-refractivity contribution >= 4 is 11.8 Å². The fourth-order valence-electron chi connectivity index (χ4n) is 6.14. The maximum Gasteiger partial charge on any atom is 0.255 e. The van der Waals surface area contributed by atoms with Gasteiger partial charge >= 0.3 is 0 Å². The van der Waals surface area contributed by atoms with Gasteiger partial charge in [-0.25, -0.2) is 4.98 Å². The van der Waals surface area contributed by atoms with Crippen molar-refractivity contribution in [3.05, 3.63) is 93.8 Å². The molecule has 2 aromatic carbocycles. The minimum Gasteiger partial charge on any atom is -0.301 e. The first-order valence-corrected chi connectivity index (χ1v) is 14.1. The Morgan fingerprint density at radius 2 is 1.80 bits per heavy atom. The van der Waals surface area contributed by atoms with E-state index in [1.165, 1.54) is 43.2 Å². The highest BCUT2D eigenvalue weighted by atomic mass is 32.2. The lowest BCUT2D eigenvalue weighted by Crippen LogP contribution is -2.43. The zero-order valence-electron chi connectivity index (χ0n) is 20.9. The van der Waals surface area contributed by atoms with Gasteiger partial charge in [-0.15, -0.1) is 0 Å². The molecule has 2 unspecified atom stereocenters. The van der Waals surface area contributed by atoms with Gasteiger partial charge < -0.3 is 4.98 Å². The lowest BCUT2D eigenvalue weighted by Gasteiger charge is -2.43. The molecule has 0 saturated heterocycles. The number of nitrogens with one attached hydrogen (secondary N) is 1. The van der Waals surface area contributed by atoms with E-state index in [2.05, 4.69) is 85.6 Å². The fourth-order valence-corrected chi connectivity index (χ4v) is 6.85. The Morgan fingerprint density at radius 1 is 1.06 bits per heavy atom. The maximum atomic E-state index is 13.6. The summed E-state index contributed by atoms with van der Waals surface area (Å²) in [7, 11) is 0. The highest BCUT2D eigenvalue weighted by molar-refractivity contribution is 7.99. The molecule has 182 valence electrons. The van der Waals surface area contributed by atoms with Gasteiger partial charge in [-0.05, 0) is 48.6 Å². The molecule has 1 N–H and O–H groups in total. The van der Waals surface area contributed by atoms with Gasteiger partial charge in [-0.2, -0.15) is 0 Å². The zero-order valence-corrected chi connectivity index (χ0v) is 21.7. The van der Waals surface area contributed by atoms with Gasteiger partial charge in [0, 0.05) is 16.7 Å². The summed E-state index contributed by atoms with van der Waals surface area (Å²) in [6, 6.07) is 19.2. The van der Waals surface area contributed by atoms with E-state index in [0.717, 1.165) is 40.6 Å².